The van der Waals surface area contributed by atoms with Gasteiger partial charge in [0.2, 0.25) is 5.89 Å². The summed E-state index contributed by atoms with van der Waals surface area (Å²) in [4.78, 5) is 16.1. The summed E-state index contributed by atoms with van der Waals surface area (Å²) in [6.07, 6.45) is 3.50. The van der Waals surface area contributed by atoms with E-state index < -0.39 is 15.7 Å². The number of likely N-dealkylation sites (N-methyl/N-ethyl adjacent to an activating group) is 1. The number of halogens is 1. The zero-order chi connectivity index (χ0) is 21.2. The number of benzene rings is 2. The molecule has 29 heavy (non-hydrogen) atoms. The number of hydrogen-bond donors (Lipinski definition) is 1. The van der Waals surface area contributed by atoms with Crippen molar-refractivity contribution in [1.29, 1.82) is 0 Å². The fourth-order valence-corrected chi connectivity index (χ4v) is 3.64. The van der Waals surface area contributed by atoms with Crippen molar-refractivity contribution < 1.29 is 22.8 Å². The number of rotatable bonds is 5. The van der Waals surface area contributed by atoms with Gasteiger partial charge in [-0.3, -0.25) is 10.0 Å². The molecule has 0 radical (unpaired) electrons. The number of hydrogen-bond acceptors (Lipinski definition) is 6. The van der Waals surface area contributed by atoms with Gasteiger partial charge in [-0.25, -0.2) is 18.5 Å². The van der Waals surface area contributed by atoms with Gasteiger partial charge in [0.15, 0.2) is 15.6 Å². The lowest BCUT2D eigenvalue weighted by molar-refractivity contribution is -0.153. The first-order valence-corrected chi connectivity index (χ1v) is 10.6. The quantitative estimate of drug-likeness (QED) is 0.372. The summed E-state index contributed by atoms with van der Waals surface area (Å²) >= 11 is 5.96. The van der Waals surface area contributed by atoms with E-state index in [1.54, 1.807) is 42.5 Å². The lowest BCUT2D eigenvalue weighted by Crippen LogP contribution is -2.19. The Bertz CT molecular complexity index is 1180. The van der Waals surface area contributed by atoms with Crippen LogP contribution in [0.15, 0.2) is 63.9 Å². The maximum absolute atomic E-state index is 12.2. The molecule has 0 saturated heterocycles. The van der Waals surface area contributed by atoms with Crippen molar-refractivity contribution in [2.45, 2.75) is 4.90 Å². The first kappa shape index (κ1) is 20.8. The smallest absolute Gasteiger partial charge is 0.269 e. The maximum atomic E-state index is 12.2. The predicted octanol–water partition coefficient (Wildman–Crippen LogP) is 3.93. The highest BCUT2D eigenvalue weighted by Gasteiger charge is 2.22. The second-order valence-electron chi connectivity index (χ2n) is 6.20. The van der Waals surface area contributed by atoms with Gasteiger partial charge in [0.1, 0.15) is 5.69 Å². The van der Waals surface area contributed by atoms with Crippen LogP contribution in [0.3, 0.4) is 0 Å². The predicted molar refractivity (Wildman–Crippen MR) is 109 cm³/mol. The second kappa shape index (κ2) is 8.20. The van der Waals surface area contributed by atoms with Crippen molar-refractivity contribution in [2.75, 3.05) is 13.3 Å². The molecule has 7 nitrogen and oxygen atoms in total. The molecule has 1 aromatic heterocycles. The van der Waals surface area contributed by atoms with E-state index in [0.29, 0.717) is 32.7 Å². The van der Waals surface area contributed by atoms with Crippen LogP contribution in [0.2, 0.25) is 5.02 Å². The molecular weight excluding hydrogens is 416 g/mol. The molecular formula is C20H17ClN2O5S. The molecule has 3 aromatic rings. The third-order valence-corrected chi connectivity index (χ3v) is 5.39. The van der Waals surface area contributed by atoms with Crippen molar-refractivity contribution in [3.8, 4) is 22.6 Å². The number of sulfone groups is 1. The fraction of sp³-hybridized carbons (Fsp3) is 0.100. The monoisotopic (exact) mass is 432 g/mol. The van der Waals surface area contributed by atoms with E-state index in [9.17, 15) is 13.2 Å². The van der Waals surface area contributed by atoms with E-state index >= 15 is 0 Å². The SMILES string of the molecule is CN(O)C(=O)C=Cc1nc(-c2ccccc2S(C)(=O)=O)c(-c2ccc(Cl)cc2)o1. The topological polar surface area (TPSA) is 101 Å². The Balaban J connectivity index is 2.20. The van der Waals surface area contributed by atoms with Crippen LogP contribution >= 0.6 is 11.6 Å². The number of hydroxylamine groups is 2. The Morgan fingerprint density at radius 2 is 1.83 bits per heavy atom. The maximum Gasteiger partial charge on any atom is 0.269 e. The Labute approximate surface area is 172 Å². The molecule has 2 aromatic carbocycles. The molecule has 0 bridgehead atoms. The molecule has 0 aliphatic carbocycles. The Hall–Kier alpha value is -2.94. The highest BCUT2D eigenvalue weighted by atomic mass is 35.5. The molecule has 150 valence electrons. The number of carbonyl (C=O) groups excluding carboxylic acids is 1. The minimum Gasteiger partial charge on any atom is -0.436 e. The van der Waals surface area contributed by atoms with Crippen LogP contribution in [0.5, 0.6) is 0 Å². The van der Waals surface area contributed by atoms with Crippen LogP contribution in [-0.4, -0.2) is 42.9 Å². The van der Waals surface area contributed by atoms with Gasteiger partial charge in [0.05, 0.1) is 4.90 Å². The van der Waals surface area contributed by atoms with Gasteiger partial charge in [-0.2, -0.15) is 0 Å². The van der Waals surface area contributed by atoms with Crippen molar-refractivity contribution in [3.05, 3.63) is 65.5 Å². The van der Waals surface area contributed by atoms with E-state index in [1.165, 1.54) is 19.2 Å². The van der Waals surface area contributed by atoms with E-state index in [1.807, 2.05) is 0 Å². The number of oxazole rings is 1. The summed E-state index contributed by atoms with van der Waals surface area (Å²) in [5, 5.41) is 10.1. The molecule has 0 spiro atoms. The largest absolute Gasteiger partial charge is 0.436 e. The van der Waals surface area contributed by atoms with E-state index in [4.69, 9.17) is 21.2 Å². The molecule has 1 heterocycles. The second-order valence-corrected chi connectivity index (χ2v) is 8.62. The molecule has 0 aliphatic rings. The number of amides is 1. The third-order valence-electron chi connectivity index (χ3n) is 3.98. The zero-order valence-corrected chi connectivity index (χ0v) is 17.1. The van der Waals surface area contributed by atoms with Gasteiger partial charge < -0.3 is 4.42 Å². The first-order chi connectivity index (χ1) is 13.7. The minimum absolute atomic E-state index is 0.0726. The normalized spacial score (nSPS) is 11.7. The first-order valence-electron chi connectivity index (χ1n) is 8.37. The highest BCUT2D eigenvalue weighted by molar-refractivity contribution is 7.90. The highest BCUT2D eigenvalue weighted by Crippen LogP contribution is 2.36. The number of carbonyl (C=O) groups is 1. The number of aromatic nitrogens is 1. The van der Waals surface area contributed by atoms with Crippen LogP contribution in [0, 0.1) is 0 Å². The summed E-state index contributed by atoms with van der Waals surface area (Å²) in [7, 11) is -2.34. The summed E-state index contributed by atoms with van der Waals surface area (Å²) in [6, 6.07) is 13.2. The van der Waals surface area contributed by atoms with Crippen LogP contribution in [0.1, 0.15) is 5.89 Å². The van der Waals surface area contributed by atoms with Crippen LogP contribution in [0.4, 0.5) is 0 Å². The molecule has 3 rings (SSSR count). The Kier molecular flexibility index (Phi) is 5.88. The van der Waals surface area contributed by atoms with Crippen molar-refractivity contribution in [2.24, 2.45) is 0 Å². The minimum atomic E-state index is -3.53. The van der Waals surface area contributed by atoms with Gasteiger partial charge in [0, 0.05) is 41.6 Å². The van der Waals surface area contributed by atoms with E-state index in [-0.39, 0.29) is 10.8 Å². The standard InChI is InChI=1S/C20H17ClN2O5S/c1-23(25)18(24)12-11-17-22-19(15-5-3-4-6-16(15)29(2,26)27)20(28-17)13-7-9-14(21)10-8-13/h3-12,25H,1-2H3. The van der Waals surface area contributed by atoms with Crippen molar-refractivity contribution in [1.82, 2.24) is 10.0 Å². The van der Waals surface area contributed by atoms with Gasteiger partial charge in [-0.1, -0.05) is 29.8 Å². The molecule has 0 unspecified atom stereocenters. The molecule has 9 heteroatoms. The summed E-state index contributed by atoms with van der Waals surface area (Å²) in [5.74, 6) is -0.278. The van der Waals surface area contributed by atoms with Gasteiger partial charge >= 0.3 is 0 Å². The van der Waals surface area contributed by atoms with Crippen molar-refractivity contribution in [3.63, 3.8) is 0 Å². The molecule has 0 atom stereocenters. The van der Waals surface area contributed by atoms with Gasteiger partial charge in [0.25, 0.3) is 5.91 Å². The van der Waals surface area contributed by atoms with Crippen LogP contribution < -0.4 is 0 Å². The lowest BCUT2D eigenvalue weighted by atomic mass is 10.1. The fourth-order valence-electron chi connectivity index (χ4n) is 2.62. The van der Waals surface area contributed by atoms with Crippen LogP contribution in [0.25, 0.3) is 28.7 Å². The summed E-state index contributed by atoms with van der Waals surface area (Å²) in [5.41, 5.74) is 1.30. The summed E-state index contributed by atoms with van der Waals surface area (Å²) < 4.78 is 30.3. The molecule has 0 aliphatic heterocycles. The molecule has 0 saturated carbocycles. The van der Waals surface area contributed by atoms with Crippen LogP contribution in [-0.2, 0) is 14.6 Å². The van der Waals surface area contributed by atoms with Gasteiger partial charge in [-0.15, -0.1) is 0 Å². The van der Waals surface area contributed by atoms with E-state index in [0.717, 1.165) is 12.3 Å². The van der Waals surface area contributed by atoms with Gasteiger partial charge in [-0.05, 0) is 30.3 Å². The molecule has 0 fully saturated rings. The third kappa shape index (κ3) is 4.73. The zero-order valence-electron chi connectivity index (χ0n) is 15.5. The average molecular weight is 433 g/mol. The average Bonchev–Trinajstić information content (AvgIpc) is 3.10. The van der Waals surface area contributed by atoms with Crippen molar-refractivity contribution >= 4 is 33.4 Å². The lowest BCUT2D eigenvalue weighted by Gasteiger charge is -2.07. The molecule has 1 amide bonds. The Morgan fingerprint density at radius 1 is 1.17 bits per heavy atom. The van der Waals surface area contributed by atoms with E-state index in [2.05, 4.69) is 4.98 Å². The molecule has 1 N–H and O–H groups in total. The number of nitrogens with zero attached hydrogens (tertiary/aromatic N) is 2. The summed E-state index contributed by atoms with van der Waals surface area (Å²) in [6.45, 7) is 0. The Morgan fingerprint density at radius 3 is 2.45 bits per heavy atom.